The van der Waals surface area contributed by atoms with Crippen molar-refractivity contribution in [3.05, 3.63) is 30.1 Å². The molecule has 0 bridgehead atoms. The molecule has 0 saturated heterocycles. The van der Waals surface area contributed by atoms with Gasteiger partial charge >= 0.3 is 0 Å². The van der Waals surface area contributed by atoms with Crippen molar-refractivity contribution in [2.24, 2.45) is 0 Å². The van der Waals surface area contributed by atoms with Crippen molar-refractivity contribution in [1.82, 2.24) is 5.32 Å². The van der Waals surface area contributed by atoms with Crippen molar-refractivity contribution in [3.8, 4) is 0 Å². The Morgan fingerprint density at radius 3 is 2.52 bits per heavy atom. The van der Waals surface area contributed by atoms with E-state index in [1.54, 1.807) is 0 Å². The molecule has 5 nitrogen and oxygen atoms in total. The second-order valence-electron chi connectivity index (χ2n) is 4.83. The summed E-state index contributed by atoms with van der Waals surface area (Å²) < 4.78 is 38.6. The number of sulfonamides is 1. The Morgan fingerprint density at radius 2 is 2.00 bits per heavy atom. The molecule has 0 aliphatic heterocycles. The summed E-state index contributed by atoms with van der Waals surface area (Å²) in [5.74, 6) is -1.13. The Labute approximate surface area is 125 Å². The number of amides is 1. The first kappa shape index (κ1) is 17.4. The maximum Gasteiger partial charge on any atom is 0.243 e. The average Bonchev–Trinajstić information content (AvgIpc) is 2.39. The van der Waals surface area contributed by atoms with E-state index in [2.05, 4.69) is 5.32 Å². The van der Waals surface area contributed by atoms with E-state index in [1.807, 2.05) is 6.92 Å². The second kappa shape index (κ2) is 7.40. The Balaban J connectivity index is 3.05. The number of nitrogens with zero attached hydrogens (tertiary/aromatic N) is 1. The van der Waals surface area contributed by atoms with Crippen LogP contribution in [0.5, 0.6) is 0 Å². The van der Waals surface area contributed by atoms with E-state index in [4.69, 9.17) is 0 Å². The SMILES string of the molecule is CCCCNC(=O)C(C)N(c1ccccc1F)S(C)(=O)=O. The van der Waals surface area contributed by atoms with Crippen LogP contribution in [0.1, 0.15) is 26.7 Å². The Bertz CT molecular complexity index is 590. The fourth-order valence-corrected chi connectivity index (χ4v) is 3.12. The lowest BCUT2D eigenvalue weighted by molar-refractivity contribution is -0.121. The average molecular weight is 316 g/mol. The summed E-state index contributed by atoms with van der Waals surface area (Å²) in [6.07, 6.45) is 2.67. The number of rotatable bonds is 7. The molecule has 0 radical (unpaired) electrons. The molecule has 0 aliphatic carbocycles. The Morgan fingerprint density at radius 1 is 1.38 bits per heavy atom. The van der Waals surface area contributed by atoms with E-state index >= 15 is 0 Å². The van der Waals surface area contributed by atoms with Gasteiger partial charge in [0, 0.05) is 6.54 Å². The molecule has 7 heteroatoms. The second-order valence-corrected chi connectivity index (χ2v) is 6.69. The number of halogens is 1. The minimum Gasteiger partial charge on any atom is -0.354 e. The van der Waals surface area contributed by atoms with Crippen molar-refractivity contribution in [2.45, 2.75) is 32.7 Å². The number of carbonyl (C=O) groups excluding carboxylic acids is 1. The van der Waals surface area contributed by atoms with Crippen LogP contribution in [0.15, 0.2) is 24.3 Å². The zero-order chi connectivity index (χ0) is 16.0. The van der Waals surface area contributed by atoms with E-state index in [-0.39, 0.29) is 5.69 Å². The molecule has 1 amide bonds. The third kappa shape index (κ3) is 4.70. The van der Waals surface area contributed by atoms with E-state index in [9.17, 15) is 17.6 Å². The lowest BCUT2D eigenvalue weighted by atomic mass is 10.2. The van der Waals surface area contributed by atoms with Gasteiger partial charge in [0.05, 0.1) is 11.9 Å². The van der Waals surface area contributed by atoms with Crippen LogP contribution >= 0.6 is 0 Å². The number of hydrogen-bond acceptors (Lipinski definition) is 3. The summed E-state index contributed by atoms with van der Waals surface area (Å²) in [7, 11) is -3.78. The van der Waals surface area contributed by atoms with Crippen LogP contribution in [0.4, 0.5) is 10.1 Å². The molecule has 1 aromatic carbocycles. The van der Waals surface area contributed by atoms with Crippen molar-refractivity contribution in [1.29, 1.82) is 0 Å². The summed E-state index contributed by atoms with van der Waals surface area (Å²) in [4.78, 5) is 12.1. The Hall–Kier alpha value is -1.63. The number of unbranched alkanes of at least 4 members (excludes halogenated alkanes) is 1. The zero-order valence-corrected chi connectivity index (χ0v) is 13.3. The fraction of sp³-hybridized carbons (Fsp3) is 0.500. The van der Waals surface area contributed by atoms with Crippen LogP contribution in [0.3, 0.4) is 0 Å². The number of hydrogen-bond donors (Lipinski definition) is 1. The zero-order valence-electron chi connectivity index (χ0n) is 12.5. The summed E-state index contributed by atoms with van der Waals surface area (Å²) >= 11 is 0. The van der Waals surface area contributed by atoms with Gasteiger partial charge in [0.25, 0.3) is 0 Å². The fourth-order valence-electron chi connectivity index (χ4n) is 1.95. The molecule has 1 N–H and O–H groups in total. The highest BCUT2D eigenvalue weighted by molar-refractivity contribution is 7.92. The summed E-state index contributed by atoms with van der Waals surface area (Å²) in [6.45, 7) is 3.89. The monoisotopic (exact) mass is 316 g/mol. The van der Waals surface area contributed by atoms with E-state index in [0.717, 1.165) is 29.5 Å². The quantitative estimate of drug-likeness (QED) is 0.781. The lowest BCUT2D eigenvalue weighted by Gasteiger charge is -2.28. The van der Waals surface area contributed by atoms with Crippen LogP contribution in [-0.4, -0.2) is 33.2 Å². The van der Waals surface area contributed by atoms with Gasteiger partial charge in [-0.25, -0.2) is 12.8 Å². The molecule has 118 valence electrons. The maximum absolute atomic E-state index is 13.9. The molecule has 0 heterocycles. The highest BCUT2D eigenvalue weighted by atomic mass is 32.2. The van der Waals surface area contributed by atoms with Crippen LogP contribution < -0.4 is 9.62 Å². The van der Waals surface area contributed by atoms with E-state index in [1.165, 1.54) is 25.1 Å². The first-order valence-electron chi connectivity index (χ1n) is 6.80. The Kier molecular flexibility index (Phi) is 6.14. The van der Waals surface area contributed by atoms with Gasteiger partial charge < -0.3 is 5.32 Å². The predicted molar refractivity (Wildman–Crippen MR) is 81.1 cm³/mol. The van der Waals surface area contributed by atoms with Gasteiger partial charge in [-0.05, 0) is 25.5 Å². The molecule has 0 spiro atoms. The highest BCUT2D eigenvalue weighted by Gasteiger charge is 2.30. The van der Waals surface area contributed by atoms with Crippen molar-refractivity contribution >= 4 is 21.6 Å². The molecule has 0 aliphatic rings. The van der Waals surface area contributed by atoms with Gasteiger partial charge in [-0.3, -0.25) is 9.10 Å². The molecule has 21 heavy (non-hydrogen) atoms. The third-order valence-electron chi connectivity index (χ3n) is 3.01. The van der Waals surface area contributed by atoms with E-state index in [0.29, 0.717) is 6.54 Å². The molecular weight excluding hydrogens is 295 g/mol. The summed E-state index contributed by atoms with van der Waals surface area (Å²) in [6, 6.07) is 4.47. The van der Waals surface area contributed by atoms with Gasteiger partial charge in [-0.1, -0.05) is 25.5 Å². The van der Waals surface area contributed by atoms with Crippen LogP contribution in [0, 0.1) is 5.82 Å². The molecule has 0 aromatic heterocycles. The largest absolute Gasteiger partial charge is 0.354 e. The van der Waals surface area contributed by atoms with E-state index < -0.39 is 27.8 Å². The topological polar surface area (TPSA) is 66.5 Å². The molecule has 1 unspecified atom stereocenters. The third-order valence-corrected chi connectivity index (χ3v) is 4.24. The normalized spacial score (nSPS) is 12.8. The van der Waals surface area contributed by atoms with Gasteiger partial charge in [0.2, 0.25) is 15.9 Å². The maximum atomic E-state index is 13.9. The van der Waals surface area contributed by atoms with Gasteiger partial charge in [0.15, 0.2) is 0 Å². The first-order valence-corrected chi connectivity index (χ1v) is 8.65. The van der Waals surface area contributed by atoms with Gasteiger partial charge in [-0.15, -0.1) is 0 Å². The predicted octanol–water partition coefficient (Wildman–Crippen LogP) is 1.90. The van der Waals surface area contributed by atoms with Gasteiger partial charge in [-0.2, -0.15) is 0 Å². The highest BCUT2D eigenvalue weighted by Crippen LogP contribution is 2.23. The minimum absolute atomic E-state index is 0.127. The first-order chi connectivity index (χ1) is 9.79. The smallest absolute Gasteiger partial charge is 0.243 e. The number of para-hydroxylation sites is 1. The van der Waals surface area contributed by atoms with Crippen LogP contribution in [0.25, 0.3) is 0 Å². The molecule has 0 fully saturated rings. The van der Waals surface area contributed by atoms with Crippen LogP contribution in [0.2, 0.25) is 0 Å². The van der Waals surface area contributed by atoms with Crippen LogP contribution in [-0.2, 0) is 14.8 Å². The molecular formula is C14H21FN2O3S. The lowest BCUT2D eigenvalue weighted by Crippen LogP contribution is -2.48. The molecule has 1 rings (SSSR count). The van der Waals surface area contributed by atoms with Crippen molar-refractivity contribution in [3.63, 3.8) is 0 Å². The standard InChI is InChI=1S/C14H21FN2O3S/c1-4-5-10-16-14(18)11(2)17(21(3,19)20)13-9-7-6-8-12(13)15/h6-9,11H,4-5,10H2,1-3H3,(H,16,18). The number of nitrogens with one attached hydrogen (secondary N) is 1. The number of carbonyl (C=O) groups is 1. The summed E-state index contributed by atoms with van der Waals surface area (Å²) in [5, 5.41) is 2.66. The number of benzene rings is 1. The van der Waals surface area contributed by atoms with Gasteiger partial charge in [0.1, 0.15) is 11.9 Å². The van der Waals surface area contributed by atoms with Crippen molar-refractivity contribution in [2.75, 3.05) is 17.1 Å². The number of anilines is 1. The molecule has 0 saturated carbocycles. The summed E-state index contributed by atoms with van der Waals surface area (Å²) in [5.41, 5.74) is -0.127. The van der Waals surface area contributed by atoms with Crippen molar-refractivity contribution < 1.29 is 17.6 Å². The molecule has 1 atom stereocenters. The molecule has 1 aromatic rings. The minimum atomic E-state index is -3.78.